The lowest BCUT2D eigenvalue weighted by Crippen LogP contribution is -2.27. The molecule has 0 radical (unpaired) electrons. The lowest BCUT2D eigenvalue weighted by Gasteiger charge is -2.25. The van der Waals surface area contributed by atoms with Gasteiger partial charge in [-0.3, -0.25) is 4.98 Å². The predicted molar refractivity (Wildman–Crippen MR) is 70.6 cm³/mol. The van der Waals surface area contributed by atoms with E-state index in [0.29, 0.717) is 13.1 Å². The standard InChI is InChI=1S/C14H19N3/c1-3-6-17(10-12-4-5-12)14-7-11(2)16-9-13(14)8-15/h1,7,9,12H,4-6,8,10,15H2,2H3. The Morgan fingerprint density at radius 1 is 1.59 bits per heavy atom. The molecule has 3 heteroatoms. The van der Waals surface area contributed by atoms with Crippen LogP contribution >= 0.6 is 0 Å². The predicted octanol–water partition coefficient (Wildman–Crippen LogP) is 1.70. The molecule has 17 heavy (non-hydrogen) atoms. The van der Waals surface area contributed by atoms with Gasteiger partial charge in [0, 0.05) is 36.2 Å². The number of aryl methyl sites for hydroxylation is 1. The molecule has 2 N–H and O–H groups in total. The molecule has 0 unspecified atom stereocenters. The van der Waals surface area contributed by atoms with Crippen LogP contribution in [-0.4, -0.2) is 18.1 Å². The molecule has 0 amide bonds. The molecule has 1 aliphatic rings. The van der Waals surface area contributed by atoms with Gasteiger partial charge in [0.15, 0.2) is 0 Å². The van der Waals surface area contributed by atoms with Gasteiger partial charge in [0.05, 0.1) is 6.54 Å². The molecule has 90 valence electrons. The van der Waals surface area contributed by atoms with Gasteiger partial charge in [-0.25, -0.2) is 0 Å². The van der Waals surface area contributed by atoms with Crippen LogP contribution in [0.15, 0.2) is 12.3 Å². The third-order valence-corrected chi connectivity index (χ3v) is 3.12. The van der Waals surface area contributed by atoms with E-state index in [1.807, 2.05) is 13.1 Å². The number of aromatic nitrogens is 1. The molecule has 0 spiro atoms. The second kappa shape index (κ2) is 5.20. The average Bonchev–Trinajstić information content (AvgIpc) is 3.12. The van der Waals surface area contributed by atoms with Crippen LogP contribution in [0.25, 0.3) is 0 Å². The van der Waals surface area contributed by atoms with Crippen LogP contribution in [0.4, 0.5) is 5.69 Å². The zero-order valence-electron chi connectivity index (χ0n) is 10.3. The van der Waals surface area contributed by atoms with Gasteiger partial charge in [0.2, 0.25) is 0 Å². The Morgan fingerprint density at radius 3 is 2.94 bits per heavy atom. The number of nitrogens with zero attached hydrogens (tertiary/aromatic N) is 2. The lowest BCUT2D eigenvalue weighted by molar-refractivity contribution is 0.758. The number of nitrogens with two attached hydrogens (primary N) is 1. The van der Waals surface area contributed by atoms with Gasteiger partial charge in [-0.05, 0) is 31.7 Å². The summed E-state index contributed by atoms with van der Waals surface area (Å²) in [7, 11) is 0. The van der Waals surface area contributed by atoms with E-state index in [1.54, 1.807) is 0 Å². The Labute approximate surface area is 103 Å². The number of anilines is 1. The van der Waals surface area contributed by atoms with Crippen LogP contribution in [0, 0.1) is 25.2 Å². The summed E-state index contributed by atoms with van der Waals surface area (Å²) in [5, 5.41) is 0. The zero-order chi connectivity index (χ0) is 12.3. The first kappa shape index (κ1) is 11.9. The Bertz CT molecular complexity index is 430. The third-order valence-electron chi connectivity index (χ3n) is 3.12. The second-order valence-electron chi connectivity index (χ2n) is 4.69. The lowest BCUT2D eigenvalue weighted by atomic mass is 10.1. The maximum absolute atomic E-state index is 5.76. The maximum Gasteiger partial charge on any atom is 0.0791 e. The Kier molecular flexibility index (Phi) is 3.65. The largest absolute Gasteiger partial charge is 0.360 e. The SMILES string of the molecule is C#CCN(CC1CC1)c1cc(C)ncc1CN. The molecule has 1 fully saturated rings. The Morgan fingerprint density at radius 2 is 2.35 bits per heavy atom. The fourth-order valence-electron chi connectivity index (χ4n) is 2.00. The summed E-state index contributed by atoms with van der Waals surface area (Å²) >= 11 is 0. The van der Waals surface area contributed by atoms with Crippen molar-refractivity contribution >= 4 is 5.69 Å². The molecule has 3 nitrogen and oxygen atoms in total. The molecule has 0 aliphatic heterocycles. The van der Waals surface area contributed by atoms with E-state index in [0.717, 1.165) is 29.4 Å². The Balaban J connectivity index is 2.26. The monoisotopic (exact) mass is 229 g/mol. The molecule has 2 rings (SSSR count). The van der Waals surface area contributed by atoms with Crippen molar-refractivity contribution < 1.29 is 0 Å². The van der Waals surface area contributed by atoms with Crippen molar-refractivity contribution in [1.29, 1.82) is 0 Å². The van der Waals surface area contributed by atoms with Gasteiger partial charge < -0.3 is 10.6 Å². The van der Waals surface area contributed by atoms with Crippen molar-refractivity contribution in [2.24, 2.45) is 11.7 Å². The summed E-state index contributed by atoms with van der Waals surface area (Å²) < 4.78 is 0. The van der Waals surface area contributed by atoms with Crippen molar-refractivity contribution in [3.8, 4) is 12.3 Å². The van der Waals surface area contributed by atoms with Gasteiger partial charge >= 0.3 is 0 Å². The minimum atomic E-state index is 0.508. The summed E-state index contributed by atoms with van der Waals surface area (Å²) in [5.74, 6) is 3.54. The number of rotatable bonds is 5. The van der Waals surface area contributed by atoms with Crippen LogP contribution in [-0.2, 0) is 6.54 Å². The number of pyridine rings is 1. The van der Waals surface area contributed by atoms with Gasteiger partial charge in [-0.2, -0.15) is 0 Å². The third kappa shape index (κ3) is 2.98. The van der Waals surface area contributed by atoms with Crippen LogP contribution in [0.5, 0.6) is 0 Å². The van der Waals surface area contributed by atoms with Gasteiger partial charge in [-0.1, -0.05) is 5.92 Å². The summed E-state index contributed by atoms with van der Waals surface area (Å²) in [6, 6.07) is 2.09. The van der Waals surface area contributed by atoms with Gasteiger partial charge in [0.1, 0.15) is 0 Å². The first-order valence-electron chi connectivity index (χ1n) is 6.08. The summed E-state index contributed by atoms with van der Waals surface area (Å²) in [5.41, 5.74) is 9.00. The second-order valence-corrected chi connectivity index (χ2v) is 4.69. The highest BCUT2D eigenvalue weighted by molar-refractivity contribution is 5.54. The molecular weight excluding hydrogens is 210 g/mol. The van der Waals surface area contributed by atoms with E-state index in [-0.39, 0.29) is 0 Å². The van der Waals surface area contributed by atoms with E-state index in [2.05, 4.69) is 21.9 Å². The van der Waals surface area contributed by atoms with E-state index < -0.39 is 0 Å². The molecule has 1 heterocycles. The highest BCUT2D eigenvalue weighted by atomic mass is 15.1. The molecule has 1 aromatic rings. The quantitative estimate of drug-likeness (QED) is 0.781. The van der Waals surface area contributed by atoms with Crippen molar-refractivity contribution in [2.45, 2.75) is 26.3 Å². The van der Waals surface area contributed by atoms with Crippen molar-refractivity contribution in [1.82, 2.24) is 4.98 Å². The summed E-state index contributed by atoms with van der Waals surface area (Å²) in [6.07, 6.45) is 9.96. The summed E-state index contributed by atoms with van der Waals surface area (Å²) in [4.78, 5) is 6.55. The van der Waals surface area contributed by atoms with Gasteiger partial charge in [0.25, 0.3) is 0 Å². The molecule has 0 saturated heterocycles. The fourth-order valence-corrected chi connectivity index (χ4v) is 2.00. The molecule has 1 aliphatic carbocycles. The smallest absolute Gasteiger partial charge is 0.0791 e. The van der Waals surface area contributed by atoms with Gasteiger partial charge in [-0.15, -0.1) is 6.42 Å². The molecule has 1 saturated carbocycles. The van der Waals surface area contributed by atoms with Crippen molar-refractivity contribution in [2.75, 3.05) is 18.0 Å². The minimum Gasteiger partial charge on any atom is -0.360 e. The maximum atomic E-state index is 5.76. The van der Waals surface area contributed by atoms with E-state index in [9.17, 15) is 0 Å². The highest BCUT2D eigenvalue weighted by Gasteiger charge is 2.25. The topological polar surface area (TPSA) is 42.2 Å². The normalized spacial score (nSPS) is 14.4. The molecule has 0 atom stereocenters. The first-order chi connectivity index (χ1) is 8.24. The molecule has 1 aromatic heterocycles. The Hall–Kier alpha value is -1.53. The average molecular weight is 229 g/mol. The van der Waals surface area contributed by atoms with Crippen LogP contribution in [0.1, 0.15) is 24.1 Å². The molecule has 0 bridgehead atoms. The number of hydrogen-bond donors (Lipinski definition) is 1. The number of hydrogen-bond acceptors (Lipinski definition) is 3. The number of terminal acetylenes is 1. The summed E-state index contributed by atoms with van der Waals surface area (Å²) in [6.45, 7) is 4.19. The van der Waals surface area contributed by atoms with Crippen LogP contribution in [0.3, 0.4) is 0 Å². The van der Waals surface area contributed by atoms with Crippen LogP contribution in [0.2, 0.25) is 0 Å². The zero-order valence-corrected chi connectivity index (χ0v) is 10.3. The fraction of sp³-hybridized carbons (Fsp3) is 0.500. The molecular formula is C14H19N3. The van der Waals surface area contributed by atoms with E-state index >= 15 is 0 Å². The minimum absolute atomic E-state index is 0.508. The van der Waals surface area contributed by atoms with Crippen molar-refractivity contribution in [3.63, 3.8) is 0 Å². The highest BCUT2D eigenvalue weighted by Crippen LogP contribution is 2.32. The van der Waals surface area contributed by atoms with E-state index in [4.69, 9.17) is 12.2 Å². The van der Waals surface area contributed by atoms with Crippen LogP contribution < -0.4 is 10.6 Å². The first-order valence-corrected chi connectivity index (χ1v) is 6.08. The van der Waals surface area contributed by atoms with E-state index in [1.165, 1.54) is 12.8 Å². The molecule has 0 aromatic carbocycles. The van der Waals surface area contributed by atoms with Crippen molar-refractivity contribution in [3.05, 3.63) is 23.5 Å².